The maximum absolute atomic E-state index is 12.9. The molecule has 0 bridgehead atoms. The fourth-order valence-corrected chi connectivity index (χ4v) is 1.24. The van der Waals surface area contributed by atoms with Crippen molar-refractivity contribution in [2.75, 3.05) is 13.4 Å². The number of rotatable bonds is 5. The van der Waals surface area contributed by atoms with E-state index < -0.39 is 31.5 Å². The van der Waals surface area contributed by atoms with Crippen LogP contribution in [0, 0.1) is 5.82 Å². The fourth-order valence-electron chi connectivity index (χ4n) is 1.24. The highest BCUT2D eigenvalue weighted by Gasteiger charge is 2.27. The molecule has 0 radical (unpaired) electrons. The van der Waals surface area contributed by atoms with E-state index in [-0.39, 0.29) is 11.3 Å². The lowest BCUT2D eigenvalue weighted by atomic mass is 10.1. The van der Waals surface area contributed by atoms with Gasteiger partial charge in [0.15, 0.2) is 6.79 Å². The summed E-state index contributed by atoms with van der Waals surface area (Å²) < 4.78 is 57.3. The summed E-state index contributed by atoms with van der Waals surface area (Å²) in [5, 5.41) is 9.36. The van der Waals surface area contributed by atoms with E-state index in [9.17, 15) is 22.7 Å². The van der Waals surface area contributed by atoms with Crippen molar-refractivity contribution >= 4 is 0 Å². The highest BCUT2D eigenvalue weighted by Crippen LogP contribution is 2.26. The monoisotopic (exact) mass is 268 g/mol. The lowest BCUT2D eigenvalue weighted by Crippen LogP contribution is -2.19. The van der Waals surface area contributed by atoms with E-state index in [0.717, 1.165) is 12.1 Å². The molecule has 0 aliphatic carbocycles. The second kappa shape index (κ2) is 6.01. The van der Waals surface area contributed by atoms with Crippen molar-refractivity contribution in [2.45, 2.75) is 19.2 Å². The van der Waals surface area contributed by atoms with E-state index in [1.165, 1.54) is 13.0 Å². The number of alkyl halides is 3. The number of aliphatic hydroxyl groups excluding tert-OH is 1. The summed E-state index contributed by atoms with van der Waals surface area (Å²) in [7, 11) is 0. The molecule has 7 heteroatoms. The fraction of sp³-hybridized carbons (Fsp3) is 0.455. The van der Waals surface area contributed by atoms with Gasteiger partial charge in [0.25, 0.3) is 0 Å². The summed E-state index contributed by atoms with van der Waals surface area (Å²) in [5.74, 6) is -0.669. The Labute approximate surface area is 101 Å². The first-order valence-electron chi connectivity index (χ1n) is 5.04. The predicted molar refractivity (Wildman–Crippen MR) is 54.5 cm³/mol. The Bertz CT molecular complexity index is 390. The van der Waals surface area contributed by atoms with Crippen LogP contribution in [0.25, 0.3) is 0 Å². The molecule has 1 N–H and O–H groups in total. The van der Waals surface area contributed by atoms with Gasteiger partial charge in [0, 0.05) is 11.6 Å². The van der Waals surface area contributed by atoms with Gasteiger partial charge in [-0.15, -0.1) is 0 Å². The van der Waals surface area contributed by atoms with Crippen LogP contribution in [0.4, 0.5) is 17.6 Å². The Hall–Kier alpha value is -1.34. The van der Waals surface area contributed by atoms with Crippen LogP contribution in [0.1, 0.15) is 18.6 Å². The van der Waals surface area contributed by atoms with Gasteiger partial charge in [0.1, 0.15) is 18.2 Å². The molecule has 1 aromatic rings. The van der Waals surface area contributed by atoms with E-state index in [1.54, 1.807) is 0 Å². The van der Waals surface area contributed by atoms with E-state index in [0.29, 0.717) is 0 Å². The molecule has 1 atom stereocenters. The first-order chi connectivity index (χ1) is 8.29. The van der Waals surface area contributed by atoms with E-state index in [2.05, 4.69) is 4.74 Å². The molecule has 0 aromatic heterocycles. The molecule has 0 fully saturated rings. The molecule has 102 valence electrons. The summed E-state index contributed by atoms with van der Waals surface area (Å²) >= 11 is 0. The Kier molecular flexibility index (Phi) is 4.92. The number of ether oxygens (including phenoxy) is 2. The van der Waals surface area contributed by atoms with Crippen LogP contribution < -0.4 is 4.74 Å². The Morgan fingerprint density at radius 1 is 1.33 bits per heavy atom. The van der Waals surface area contributed by atoms with Crippen molar-refractivity contribution in [3.05, 3.63) is 29.6 Å². The highest BCUT2D eigenvalue weighted by atomic mass is 19.4. The molecule has 0 saturated heterocycles. The molecule has 1 aromatic carbocycles. The molecule has 1 unspecified atom stereocenters. The summed E-state index contributed by atoms with van der Waals surface area (Å²) in [6.45, 7) is -0.703. The van der Waals surface area contributed by atoms with Gasteiger partial charge in [-0.2, -0.15) is 13.2 Å². The third kappa shape index (κ3) is 4.89. The van der Waals surface area contributed by atoms with Crippen molar-refractivity contribution in [2.24, 2.45) is 0 Å². The topological polar surface area (TPSA) is 38.7 Å². The van der Waals surface area contributed by atoms with Crippen LogP contribution in [0.3, 0.4) is 0 Å². The quantitative estimate of drug-likeness (QED) is 0.507. The largest absolute Gasteiger partial charge is 0.467 e. The average Bonchev–Trinajstić information content (AvgIpc) is 2.22. The molecular formula is C11H12F4O3. The predicted octanol–water partition coefficient (Wildman–Crippen LogP) is 2.79. The maximum atomic E-state index is 12.9. The summed E-state index contributed by atoms with van der Waals surface area (Å²) in [5.41, 5.74) is 0.270. The molecule has 1 rings (SSSR count). The minimum Gasteiger partial charge on any atom is -0.467 e. The summed E-state index contributed by atoms with van der Waals surface area (Å²) in [6, 6.07) is 3.38. The molecule has 18 heavy (non-hydrogen) atoms. The van der Waals surface area contributed by atoms with Crippen molar-refractivity contribution in [1.82, 2.24) is 0 Å². The zero-order valence-corrected chi connectivity index (χ0v) is 9.50. The lowest BCUT2D eigenvalue weighted by Gasteiger charge is -2.14. The Morgan fingerprint density at radius 3 is 2.56 bits per heavy atom. The SMILES string of the molecule is CC(O)c1ccc(F)cc1OCOCC(F)(F)F. The minimum absolute atomic E-state index is 0.0489. The number of hydrogen-bond acceptors (Lipinski definition) is 3. The van der Waals surface area contributed by atoms with Gasteiger partial charge in [0.2, 0.25) is 0 Å². The molecule has 0 heterocycles. The van der Waals surface area contributed by atoms with Crippen LogP contribution in [0.2, 0.25) is 0 Å². The third-order valence-corrected chi connectivity index (χ3v) is 1.99. The van der Waals surface area contributed by atoms with E-state index in [1.807, 2.05) is 0 Å². The zero-order valence-electron chi connectivity index (χ0n) is 9.50. The summed E-state index contributed by atoms with van der Waals surface area (Å²) in [6.07, 6.45) is -5.37. The van der Waals surface area contributed by atoms with Gasteiger partial charge in [0.05, 0.1) is 6.10 Å². The van der Waals surface area contributed by atoms with Crippen molar-refractivity contribution in [3.63, 3.8) is 0 Å². The van der Waals surface area contributed by atoms with Gasteiger partial charge >= 0.3 is 6.18 Å². The third-order valence-electron chi connectivity index (χ3n) is 1.99. The maximum Gasteiger partial charge on any atom is 0.411 e. The molecule has 0 aliphatic heterocycles. The van der Waals surface area contributed by atoms with Gasteiger partial charge in [-0.3, -0.25) is 0 Å². The number of aliphatic hydroxyl groups is 1. The Balaban J connectivity index is 2.58. The van der Waals surface area contributed by atoms with Crippen LogP contribution in [-0.4, -0.2) is 24.7 Å². The van der Waals surface area contributed by atoms with E-state index >= 15 is 0 Å². The Morgan fingerprint density at radius 2 is 2.00 bits per heavy atom. The van der Waals surface area contributed by atoms with Gasteiger partial charge in [-0.1, -0.05) is 0 Å². The van der Waals surface area contributed by atoms with Crippen LogP contribution in [-0.2, 0) is 4.74 Å². The van der Waals surface area contributed by atoms with Crippen LogP contribution >= 0.6 is 0 Å². The van der Waals surface area contributed by atoms with Gasteiger partial charge in [-0.05, 0) is 19.1 Å². The number of hydrogen-bond donors (Lipinski definition) is 1. The smallest absolute Gasteiger partial charge is 0.411 e. The van der Waals surface area contributed by atoms with Crippen molar-refractivity contribution in [3.8, 4) is 5.75 Å². The first-order valence-corrected chi connectivity index (χ1v) is 5.04. The highest BCUT2D eigenvalue weighted by molar-refractivity contribution is 5.35. The molecule has 0 amide bonds. The van der Waals surface area contributed by atoms with Crippen molar-refractivity contribution < 1.29 is 32.1 Å². The van der Waals surface area contributed by atoms with E-state index in [4.69, 9.17) is 4.74 Å². The molecule has 0 saturated carbocycles. The summed E-state index contributed by atoms with van der Waals surface area (Å²) in [4.78, 5) is 0. The standard InChI is InChI=1S/C11H12F4O3/c1-7(16)9-3-2-8(12)4-10(9)18-6-17-5-11(13,14)15/h2-4,7,16H,5-6H2,1H3. The molecule has 3 nitrogen and oxygen atoms in total. The average molecular weight is 268 g/mol. The number of halogens is 4. The second-order valence-electron chi connectivity index (χ2n) is 3.58. The molecule has 0 spiro atoms. The first kappa shape index (κ1) is 14.7. The second-order valence-corrected chi connectivity index (χ2v) is 3.58. The van der Waals surface area contributed by atoms with Gasteiger partial charge in [-0.25, -0.2) is 4.39 Å². The minimum atomic E-state index is -4.45. The molecular weight excluding hydrogens is 256 g/mol. The van der Waals surface area contributed by atoms with Gasteiger partial charge < -0.3 is 14.6 Å². The zero-order chi connectivity index (χ0) is 13.8. The lowest BCUT2D eigenvalue weighted by molar-refractivity contribution is -0.186. The normalized spacial score (nSPS) is 13.4. The molecule has 0 aliphatic rings. The number of benzene rings is 1. The van der Waals surface area contributed by atoms with Crippen LogP contribution in [0.5, 0.6) is 5.75 Å². The van der Waals surface area contributed by atoms with Crippen molar-refractivity contribution in [1.29, 1.82) is 0 Å². The van der Waals surface area contributed by atoms with Crippen LogP contribution in [0.15, 0.2) is 18.2 Å².